The van der Waals surface area contributed by atoms with Crippen LogP contribution in [0, 0.1) is 0 Å². The molecule has 4 nitrogen and oxygen atoms in total. The Morgan fingerprint density at radius 2 is 2.00 bits per heavy atom. The minimum atomic E-state index is 0.756. The zero-order valence-electron chi connectivity index (χ0n) is 16.0. The first kappa shape index (κ1) is 20.1. The standard InChI is InChI=1S/C21H29N3OS2/c1-25-20-11-4-3-10-19(20)22-21(26)24(17-18-9-7-16-27-18)15-8-14-23-12-5-2-6-13-23/h3-4,7,9-11,16H,2,5-6,8,12-15,17H2,1H3,(H,22,26). The Hall–Kier alpha value is -1.63. The number of benzene rings is 1. The van der Waals surface area contributed by atoms with Crippen LogP contribution < -0.4 is 10.1 Å². The van der Waals surface area contributed by atoms with Gasteiger partial charge in [0.05, 0.1) is 19.3 Å². The summed E-state index contributed by atoms with van der Waals surface area (Å²) in [5.41, 5.74) is 0.914. The molecule has 0 radical (unpaired) electrons. The van der Waals surface area contributed by atoms with Gasteiger partial charge in [0.1, 0.15) is 5.75 Å². The molecule has 27 heavy (non-hydrogen) atoms. The molecule has 3 rings (SSSR count). The molecular formula is C21H29N3OS2. The van der Waals surface area contributed by atoms with Gasteiger partial charge in [-0.15, -0.1) is 11.3 Å². The first-order valence-electron chi connectivity index (χ1n) is 9.70. The molecule has 1 fully saturated rings. The highest BCUT2D eigenvalue weighted by atomic mass is 32.1. The van der Waals surface area contributed by atoms with E-state index in [1.807, 2.05) is 24.3 Å². The third-order valence-electron chi connectivity index (χ3n) is 4.91. The first-order chi connectivity index (χ1) is 13.3. The Morgan fingerprint density at radius 1 is 1.19 bits per heavy atom. The molecule has 2 heterocycles. The number of nitrogens with zero attached hydrogens (tertiary/aromatic N) is 2. The van der Waals surface area contributed by atoms with E-state index in [4.69, 9.17) is 17.0 Å². The molecule has 0 saturated carbocycles. The summed E-state index contributed by atoms with van der Waals surface area (Å²) in [5.74, 6) is 0.809. The van der Waals surface area contributed by atoms with Gasteiger partial charge in [0.2, 0.25) is 0 Å². The highest BCUT2D eigenvalue weighted by Crippen LogP contribution is 2.24. The lowest BCUT2D eigenvalue weighted by atomic mass is 10.1. The van der Waals surface area contributed by atoms with E-state index < -0.39 is 0 Å². The molecule has 2 aromatic rings. The lowest BCUT2D eigenvalue weighted by Crippen LogP contribution is -2.37. The maximum absolute atomic E-state index is 5.76. The molecule has 146 valence electrons. The maximum atomic E-state index is 5.76. The molecule has 1 aliphatic heterocycles. The summed E-state index contributed by atoms with van der Waals surface area (Å²) in [5, 5.41) is 6.26. The van der Waals surface area contributed by atoms with Crippen LogP contribution in [0.2, 0.25) is 0 Å². The Kier molecular flexibility index (Phi) is 7.93. The molecule has 0 bridgehead atoms. The Labute approximate surface area is 172 Å². The van der Waals surface area contributed by atoms with Gasteiger partial charge in [-0.25, -0.2) is 0 Å². The fraction of sp³-hybridized carbons (Fsp3) is 0.476. The molecule has 0 spiro atoms. The summed E-state index contributed by atoms with van der Waals surface area (Å²) in [6.07, 6.45) is 5.19. The van der Waals surface area contributed by atoms with Crippen molar-refractivity contribution in [1.82, 2.24) is 9.80 Å². The van der Waals surface area contributed by atoms with E-state index >= 15 is 0 Å². The van der Waals surface area contributed by atoms with E-state index in [0.29, 0.717) is 0 Å². The SMILES string of the molecule is COc1ccccc1NC(=S)N(CCCN1CCCCC1)Cc1cccs1. The molecule has 0 amide bonds. The van der Waals surface area contributed by atoms with Crippen molar-refractivity contribution in [3.63, 3.8) is 0 Å². The molecule has 1 N–H and O–H groups in total. The fourth-order valence-corrected chi connectivity index (χ4v) is 4.44. The number of anilines is 1. The van der Waals surface area contributed by atoms with Crippen molar-refractivity contribution in [1.29, 1.82) is 0 Å². The van der Waals surface area contributed by atoms with Crippen LogP contribution in [0.4, 0.5) is 5.69 Å². The van der Waals surface area contributed by atoms with Crippen LogP contribution in [-0.2, 0) is 6.54 Å². The molecule has 1 aromatic carbocycles. The lowest BCUT2D eigenvalue weighted by Gasteiger charge is -2.29. The van der Waals surface area contributed by atoms with Gasteiger partial charge < -0.3 is 19.9 Å². The Bertz CT molecular complexity index is 699. The third kappa shape index (κ3) is 6.19. The molecule has 6 heteroatoms. The van der Waals surface area contributed by atoms with E-state index in [1.165, 1.54) is 37.2 Å². The molecule has 1 saturated heterocycles. The number of thiocarbonyl (C=S) groups is 1. The Balaban J connectivity index is 1.60. The highest BCUT2D eigenvalue weighted by Gasteiger charge is 2.15. The van der Waals surface area contributed by atoms with Gasteiger partial charge in [-0.2, -0.15) is 0 Å². The van der Waals surface area contributed by atoms with Gasteiger partial charge in [-0.1, -0.05) is 24.6 Å². The minimum Gasteiger partial charge on any atom is -0.495 e. The van der Waals surface area contributed by atoms with E-state index in [1.54, 1.807) is 18.4 Å². The van der Waals surface area contributed by atoms with E-state index in [0.717, 1.165) is 42.6 Å². The molecule has 0 unspecified atom stereocenters. The van der Waals surface area contributed by atoms with Gasteiger partial charge in [0, 0.05) is 11.4 Å². The second-order valence-corrected chi connectivity index (χ2v) is 8.31. The van der Waals surface area contributed by atoms with E-state index in [-0.39, 0.29) is 0 Å². The average Bonchev–Trinajstić information content (AvgIpc) is 3.21. The third-order valence-corrected chi connectivity index (χ3v) is 6.14. The van der Waals surface area contributed by atoms with Crippen LogP contribution in [-0.4, -0.2) is 48.2 Å². The summed E-state index contributed by atoms with van der Waals surface area (Å²) in [7, 11) is 1.69. The number of rotatable bonds is 8. The number of para-hydroxylation sites is 2. The van der Waals surface area contributed by atoms with Crippen molar-refractivity contribution in [2.45, 2.75) is 32.2 Å². The van der Waals surface area contributed by atoms with E-state index in [9.17, 15) is 0 Å². The molecule has 0 atom stereocenters. The van der Waals surface area contributed by atoms with Crippen molar-refractivity contribution in [2.24, 2.45) is 0 Å². The fourth-order valence-electron chi connectivity index (χ4n) is 3.45. The number of thiophene rings is 1. The van der Waals surface area contributed by atoms with Crippen LogP contribution in [0.5, 0.6) is 5.75 Å². The van der Waals surface area contributed by atoms with Crippen LogP contribution >= 0.6 is 23.6 Å². The van der Waals surface area contributed by atoms with Crippen molar-refractivity contribution in [3.05, 3.63) is 46.7 Å². The summed E-state index contributed by atoms with van der Waals surface area (Å²) in [6, 6.07) is 12.2. The van der Waals surface area contributed by atoms with Gasteiger partial charge >= 0.3 is 0 Å². The number of piperidine rings is 1. The normalized spacial score (nSPS) is 14.7. The number of nitrogens with one attached hydrogen (secondary N) is 1. The Morgan fingerprint density at radius 3 is 2.74 bits per heavy atom. The lowest BCUT2D eigenvalue weighted by molar-refractivity contribution is 0.218. The zero-order chi connectivity index (χ0) is 18.9. The molecule has 1 aromatic heterocycles. The second-order valence-electron chi connectivity index (χ2n) is 6.89. The zero-order valence-corrected chi connectivity index (χ0v) is 17.7. The summed E-state index contributed by atoms with van der Waals surface area (Å²) >= 11 is 7.54. The van der Waals surface area contributed by atoms with E-state index in [2.05, 4.69) is 32.6 Å². The minimum absolute atomic E-state index is 0.756. The smallest absolute Gasteiger partial charge is 0.173 e. The monoisotopic (exact) mass is 403 g/mol. The topological polar surface area (TPSA) is 27.7 Å². The van der Waals surface area contributed by atoms with Gasteiger partial charge in [-0.3, -0.25) is 0 Å². The largest absolute Gasteiger partial charge is 0.495 e. The van der Waals surface area contributed by atoms with Crippen molar-refractivity contribution in [2.75, 3.05) is 38.6 Å². The maximum Gasteiger partial charge on any atom is 0.173 e. The second kappa shape index (κ2) is 10.6. The van der Waals surface area contributed by atoms with Crippen molar-refractivity contribution in [3.8, 4) is 5.75 Å². The summed E-state index contributed by atoms with van der Waals surface area (Å²) < 4.78 is 5.45. The van der Waals surface area contributed by atoms with Crippen LogP contribution in [0.3, 0.4) is 0 Å². The summed E-state index contributed by atoms with van der Waals surface area (Å²) in [6.45, 7) is 5.44. The van der Waals surface area contributed by atoms with Gasteiger partial charge in [0.15, 0.2) is 5.11 Å². The number of ether oxygens (including phenoxy) is 1. The predicted molar refractivity (Wildman–Crippen MR) is 119 cm³/mol. The van der Waals surface area contributed by atoms with Gasteiger partial charge in [0.25, 0.3) is 0 Å². The number of methoxy groups -OCH3 is 1. The predicted octanol–water partition coefficient (Wildman–Crippen LogP) is 4.83. The summed E-state index contributed by atoms with van der Waals surface area (Å²) in [4.78, 5) is 6.19. The number of likely N-dealkylation sites (tertiary alicyclic amines) is 1. The molecule has 0 aliphatic carbocycles. The first-order valence-corrected chi connectivity index (χ1v) is 11.0. The average molecular weight is 404 g/mol. The van der Waals surface area contributed by atoms with Crippen molar-refractivity contribution < 1.29 is 4.74 Å². The van der Waals surface area contributed by atoms with Crippen LogP contribution in [0.15, 0.2) is 41.8 Å². The molecular weight excluding hydrogens is 374 g/mol. The number of hydrogen-bond donors (Lipinski definition) is 1. The quantitative estimate of drug-likeness (QED) is 0.637. The highest BCUT2D eigenvalue weighted by molar-refractivity contribution is 7.80. The number of hydrogen-bond acceptors (Lipinski definition) is 4. The van der Waals surface area contributed by atoms with Crippen LogP contribution in [0.25, 0.3) is 0 Å². The van der Waals surface area contributed by atoms with Crippen molar-refractivity contribution >= 4 is 34.4 Å². The van der Waals surface area contributed by atoms with Crippen LogP contribution in [0.1, 0.15) is 30.6 Å². The molecule has 1 aliphatic rings. The van der Waals surface area contributed by atoms with Gasteiger partial charge in [-0.05, 0) is 74.7 Å².